The molecule has 0 spiro atoms. The number of hydrogen-bond acceptors (Lipinski definition) is 4. The van der Waals surface area contributed by atoms with Gasteiger partial charge in [-0.15, -0.1) is 0 Å². The van der Waals surface area contributed by atoms with E-state index in [0.29, 0.717) is 18.9 Å². The fourth-order valence-corrected chi connectivity index (χ4v) is 3.90. The maximum atomic E-state index is 13.0. The molecule has 6 nitrogen and oxygen atoms in total. The molecule has 2 aromatic rings. The van der Waals surface area contributed by atoms with Crippen LogP contribution < -0.4 is 9.47 Å². The van der Waals surface area contributed by atoms with Crippen molar-refractivity contribution in [3.05, 3.63) is 41.7 Å². The van der Waals surface area contributed by atoms with Gasteiger partial charge in [0.25, 0.3) is 0 Å². The lowest BCUT2D eigenvalue weighted by atomic mass is 9.91. The van der Waals surface area contributed by atoms with E-state index in [9.17, 15) is 4.79 Å². The van der Waals surface area contributed by atoms with Crippen LogP contribution in [-0.2, 0) is 11.2 Å². The van der Waals surface area contributed by atoms with Crippen LogP contribution in [0.15, 0.2) is 30.5 Å². The Kier molecular flexibility index (Phi) is 4.34. The molecule has 1 saturated heterocycles. The number of amides is 1. The minimum atomic E-state index is -0.125. The number of aromatic nitrogens is 2. The normalized spacial score (nSPS) is 22.8. The summed E-state index contributed by atoms with van der Waals surface area (Å²) >= 11 is 0. The highest BCUT2D eigenvalue weighted by atomic mass is 16.5. The Labute approximate surface area is 147 Å². The van der Waals surface area contributed by atoms with Crippen LogP contribution >= 0.6 is 0 Å². The molecule has 0 bridgehead atoms. The number of hydrogen-bond donors (Lipinski definition) is 1. The van der Waals surface area contributed by atoms with Gasteiger partial charge in [-0.2, -0.15) is 5.10 Å². The number of H-pyrrole nitrogens is 1. The second kappa shape index (κ2) is 6.78. The molecule has 6 heteroatoms. The number of aromatic amines is 1. The quantitative estimate of drug-likeness (QED) is 0.931. The average Bonchev–Trinajstić information content (AvgIpc) is 3.21. The number of benzene rings is 1. The molecule has 2 atom stereocenters. The Morgan fingerprint density at radius 2 is 2.32 bits per heavy atom. The molecule has 1 fully saturated rings. The average molecular weight is 341 g/mol. The van der Waals surface area contributed by atoms with Gasteiger partial charge < -0.3 is 14.4 Å². The third-order valence-electron chi connectivity index (χ3n) is 5.22. The van der Waals surface area contributed by atoms with E-state index in [1.165, 1.54) is 0 Å². The van der Waals surface area contributed by atoms with Crippen LogP contribution in [-0.4, -0.2) is 47.8 Å². The summed E-state index contributed by atoms with van der Waals surface area (Å²) in [7, 11) is 1.64. The fourth-order valence-electron chi connectivity index (χ4n) is 3.90. The molecule has 1 amide bonds. The van der Waals surface area contributed by atoms with Gasteiger partial charge in [-0.3, -0.25) is 9.89 Å². The van der Waals surface area contributed by atoms with Gasteiger partial charge in [0.15, 0.2) is 11.5 Å². The van der Waals surface area contributed by atoms with Gasteiger partial charge in [0.1, 0.15) is 6.61 Å². The van der Waals surface area contributed by atoms with E-state index >= 15 is 0 Å². The summed E-state index contributed by atoms with van der Waals surface area (Å²) in [6, 6.07) is 7.86. The highest BCUT2D eigenvalue weighted by Gasteiger charge is 2.33. The zero-order chi connectivity index (χ0) is 17.2. The lowest BCUT2D eigenvalue weighted by Crippen LogP contribution is -2.45. The highest BCUT2D eigenvalue weighted by molar-refractivity contribution is 5.80. The molecule has 1 aromatic heterocycles. The van der Waals surface area contributed by atoms with Gasteiger partial charge in [-0.05, 0) is 37.0 Å². The smallest absolute Gasteiger partial charge is 0.229 e. The number of carbonyl (C=O) groups is 1. The first kappa shape index (κ1) is 16.0. The van der Waals surface area contributed by atoms with Gasteiger partial charge in [-0.25, -0.2) is 0 Å². The zero-order valence-electron chi connectivity index (χ0n) is 14.4. The lowest BCUT2D eigenvalue weighted by Gasteiger charge is -2.36. The molecule has 1 aromatic carbocycles. The van der Waals surface area contributed by atoms with E-state index in [1.807, 2.05) is 29.2 Å². The number of rotatable bonds is 3. The second-order valence-electron chi connectivity index (χ2n) is 6.80. The summed E-state index contributed by atoms with van der Waals surface area (Å²) in [6.45, 7) is 1.99. The van der Waals surface area contributed by atoms with Crippen molar-refractivity contribution in [1.29, 1.82) is 0 Å². The SMILES string of the molecule is COc1cccc2c1OC[C@@H](C(=O)N1CCC[C@H](c3ccn[nH]3)C1)C2. The Bertz CT molecular complexity index is 744. The van der Waals surface area contributed by atoms with Crippen molar-refractivity contribution >= 4 is 5.91 Å². The van der Waals surface area contributed by atoms with Crippen LogP contribution in [0.3, 0.4) is 0 Å². The molecule has 3 heterocycles. The number of nitrogens with zero attached hydrogens (tertiary/aromatic N) is 2. The summed E-state index contributed by atoms with van der Waals surface area (Å²) in [5, 5.41) is 7.08. The van der Waals surface area contributed by atoms with Crippen LogP contribution in [0, 0.1) is 5.92 Å². The molecule has 0 radical (unpaired) electrons. The molecule has 132 valence electrons. The molecular weight excluding hydrogens is 318 g/mol. The zero-order valence-corrected chi connectivity index (χ0v) is 14.4. The maximum Gasteiger partial charge on any atom is 0.229 e. The predicted molar refractivity (Wildman–Crippen MR) is 92.8 cm³/mol. The van der Waals surface area contributed by atoms with Gasteiger partial charge in [0.05, 0.1) is 13.0 Å². The first-order valence-electron chi connectivity index (χ1n) is 8.83. The van der Waals surface area contributed by atoms with Crippen molar-refractivity contribution in [3.8, 4) is 11.5 Å². The van der Waals surface area contributed by atoms with Gasteiger partial charge in [0.2, 0.25) is 5.91 Å². The topological polar surface area (TPSA) is 67.5 Å². The van der Waals surface area contributed by atoms with Crippen molar-refractivity contribution in [2.45, 2.75) is 25.2 Å². The number of piperidine rings is 1. The first-order valence-corrected chi connectivity index (χ1v) is 8.83. The monoisotopic (exact) mass is 341 g/mol. The molecule has 0 saturated carbocycles. The number of methoxy groups -OCH3 is 1. The summed E-state index contributed by atoms with van der Waals surface area (Å²) in [4.78, 5) is 15.0. The molecule has 25 heavy (non-hydrogen) atoms. The van der Waals surface area contributed by atoms with Crippen LogP contribution in [0.1, 0.15) is 30.0 Å². The number of fused-ring (bicyclic) bond motifs is 1. The Hall–Kier alpha value is -2.50. The summed E-state index contributed by atoms with van der Waals surface area (Å²) in [6.07, 6.45) is 4.59. The fraction of sp³-hybridized carbons (Fsp3) is 0.474. The van der Waals surface area contributed by atoms with E-state index in [4.69, 9.17) is 9.47 Å². The van der Waals surface area contributed by atoms with Crippen LogP contribution in [0.25, 0.3) is 0 Å². The molecule has 2 aliphatic rings. The van der Waals surface area contributed by atoms with Crippen molar-refractivity contribution < 1.29 is 14.3 Å². The predicted octanol–water partition coefficient (Wildman–Crippen LogP) is 2.38. The van der Waals surface area contributed by atoms with Crippen molar-refractivity contribution in [1.82, 2.24) is 15.1 Å². The largest absolute Gasteiger partial charge is 0.493 e. The van der Waals surface area contributed by atoms with Crippen molar-refractivity contribution in [2.75, 3.05) is 26.8 Å². The Balaban J connectivity index is 1.46. The standard InChI is InChI=1S/C19H23N3O3/c1-24-17-6-2-4-13-10-15(12-25-18(13)17)19(23)22-9-3-5-14(11-22)16-7-8-20-21-16/h2,4,6-8,14-15H,3,5,9-12H2,1H3,(H,20,21)/t14-,15-/m0/s1. The minimum absolute atomic E-state index is 0.125. The van der Waals surface area contributed by atoms with Crippen molar-refractivity contribution in [2.24, 2.45) is 5.92 Å². The van der Waals surface area contributed by atoms with Crippen molar-refractivity contribution in [3.63, 3.8) is 0 Å². The highest BCUT2D eigenvalue weighted by Crippen LogP contribution is 2.37. The molecule has 0 aliphatic carbocycles. The van der Waals surface area contributed by atoms with Gasteiger partial charge >= 0.3 is 0 Å². The molecule has 4 rings (SSSR count). The number of para-hydroxylation sites is 1. The Morgan fingerprint density at radius 3 is 3.12 bits per heavy atom. The van der Waals surface area contributed by atoms with Crippen LogP contribution in [0.5, 0.6) is 11.5 Å². The van der Waals surface area contributed by atoms with E-state index in [0.717, 1.165) is 48.7 Å². The molecular formula is C19H23N3O3. The number of likely N-dealkylation sites (tertiary alicyclic amines) is 1. The molecule has 0 unspecified atom stereocenters. The number of nitrogens with one attached hydrogen (secondary N) is 1. The summed E-state index contributed by atoms with van der Waals surface area (Å²) in [5.74, 6) is 1.93. The van der Waals surface area contributed by atoms with Crippen LogP contribution in [0.4, 0.5) is 0 Å². The number of carbonyl (C=O) groups excluding carboxylic acids is 1. The lowest BCUT2D eigenvalue weighted by molar-refractivity contribution is -0.138. The van der Waals surface area contributed by atoms with Gasteiger partial charge in [-0.1, -0.05) is 12.1 Å². The minimum Gasteiger partial charge on any atom is -0.493 e. The van der Waals surface area contributed by atoms with E-state index in [1.54, 1.807) is 13.3 Å². The van der Waals surface area contributed by atoms with E-state index in [-0.39, 0.29) is 11.8 Å². The van der Waals surface area contributed by atoms with E-state index < -0.39 is 0 Å². The summed E-state index contributed by atoms with van der Waals surface area (Å²) < 4.78 is 11.2. The third-order valence-corrected chi connectivity index (χ3v) is 5.22. The van der Waals surface area contributed by atoms with Crippen LogP contribution in [0.2, 0.25) is 0 Å². The summed E-state index contributed by atoms with van der Waals surface area (Å²) in [5.41, 5.74) is 2.17. The van der Waals surface area contributed by atoms with Gasteiger partial charge in [0, 0.05) is 30.9 Å². The Morgan fingerprint density at radius 1 is 1.40 bits per heavy atom. The first-order chi connectivity index (χ1) is 12.3. The third kappa shape index (κ3) is 3.08. The number of ether oxygens (including phenoxy) is 2. The second-order valence-corrected chi connectivity index (χ2v) is 6.80. The molecule has 1 N–H and O–H groups in total. The molecule has 2 aliphatic heterocycles. The van der Waals surface area contributed by atoms with E-state index in [2.05, 4.69) is 10.2 Å². The maximum absolute atomic E-state index is 13.0.